The number of amides is 1. The highest BCUT2D eigenvalue weighted by Gasteiger charge is 2.25. The Morgan fingerprint density at radius 2 is 2.14 bits per heavy atom. The Labute approximate surface area is 175 Å². The lowest BCUT2D eigenvalue weighted by atomic mass is 10.1. The zero-order valence-corrected chi connectivity index (χ0v) is 18.1. The predicted molar refractivity (Wildman–Crippen MR) is 114 cm³/mol. The molecule has 2 aromatic rings. The van der Waals surface area contributed by atoms with Crippen molar-refractivity contribution in [1.29, 1.82) is 0 Å². The molecule has 3 rings (SSSR count). The van der Waals surface area contributed by atoms with Gasteiger partial charge < -0.3 is 10.1 Å². The van der Waals surface area contributed by atoms with Gasteiger partial charge in [-0.1, -0.05) is 12.1 Å². The molecular weight excluding hydrogens is 410 g/mol. The number of piperidine rings is 1. The number of aromatic nitrogens is 1. The summed E-state index contributed by atoms with van der Waals surface area (Å²) >= 11 is 1.59. The minimum absolute atomic E-state index is 0.0126. The summed E-state index contributed by atoms with van der Waals surface area (Å²) in [7, 11) is -3.16. The van der Waals surface area contributed by atoms with Gasteiger partial charge in [0.05, 0.1) is 17.0 Å². The SMILES string of the molecule is Cc1nc(COc2cccc(/C=C/C(=O)NC3CCN(S(C)(=O)=O)CC3)c2)cs1. The van der Waals surface area contributed by atoms with E-state index in [1.807, 2.05) is 36.6 Å². The van der Waals surface area contributed by atoms with Crippen LogP contribution in [-0.2, 0) is 21.4 Å². The third-order valence-electron chi connectivity index (χ3n) is 4.61. The van der Waals surface area contributed by atoms with Gasteiger partial charge in [-0.25, -0.2) is 17.7 Å². The number of nitrogens with zero attached hydrogens (tertiary/aromatic N) is 2. The Hall–Kier alpha value is -2.23. The molecular formula is C20H25N3O4S2. The van der Waals surface area contributed by atoms with E-state index >= 15 is 0 Å². The summed E-state index contributed by atoms with van der Waals surface area (Å²) in [5.41, 5.74) is 1.76. The topological polar surface area (TPSA) is 88.6 Å². The maximum Gasteiger partial charge on any atom is 0.244 e. The van der Waals surface area contributed by atoms with Gasteiger partial charge in [0, 0.05) is 30.6 Å². The predicted octanol–water partition coefficient (Wildman–Crippen LogP) is 2.58. The Balaban J connectivity index is 1.48. The number of benzene rings is 1. The van der Waals surface area contributed by atoms with E-state index in [1.165, 1.54) is 16.6 Å². The number of nitrogens with one attached hydrogen (secondary N) is 1. The Bertz CT molecular complexity index is 977. The number of rotatable bonds is 7. The lowest BCUT2D eigenvalue weighted by molar-refractivity contribution is -0.117. The lowest BCUT2D eigenvalue weighted by Gasteiger charge is -2.30. The van der Waals surface area contributed by atoms with Crippen LogP contribution < -0.4 is 10.1 Å². The number of hydrogen-bond acceptors (Lipinski definition) is 6. The number of ether oxygens (including phenoxy) is 1. The molecule has 0 bridgehead atoms. The van der Waals surface area contributed by atoms with E-state index in [2.05, 4.69) is 10.3 Å². The smallest absolute Gasteiger partial charge is 0.244 e. The molecule has 9 heteroatoms. The summed E-state index contributed by atoms with van der Waals surface area (Å²) in [5.74, 6) is 0.526. The molecule has 2 heterocycles. The average molecular weight is 436 g/mol. The first-order chi connectivity index (χ1) is 13.8. The van der Waals surface area contributed by atoms with E-state index in [4.69, 9.17) is 4.74 Å². The molecule has 7 nitrogen and oxygen atoms in total. The average Bonchev–Trinajstić information content (AvgIpc) is 3.10. The van der Waals surface area contributed by atoms with Crippen LogP contribution in [0.3, 0.4) is 0 Å². The van der Waals surface area contributed by atoms with Crippen LogP contribution in [0.25, 0.3) is 6.08 Å². The van der Waals surface area contributed by atoms with E-state index in [1.54, 1.807) is 17.4 Å². The lowest BCUT2D eigenvalue weighted by Crippen LogP contribution is -2.45. The minimum Gasteiger partial charge on any atom is -0.487 e. The monoisotopic (exact) mass is 435 g/mol. The fourth-order valence-corrected chi connectivity index (χ4v) is 4.56. The first-order valence-electron chi connectivity index (χ1n) is 9.37. The van der Waals surface area contributed by atoms with Gasteiger partial charge in [0.25, 0.3) is 0 Å². The maximum absolute atomic E-state index is 12.2. The maximum atomic E-state index is 12.2. The van der Waals surface area contributed by atoms with Crippen LogP contribution in [0.5, 0.6) is 5.75 Å². The molecule has 0 atom stereocenters. The highest BCUT2D eigenvalue weighted by molar-refractivity contribution is 7.88. The van der Waals surface area contributed by atoms with E-state index < -0.39 is 10.0 Å². The third kappa shape index (κ3) is 6.66. The van der Waals surface area contributed by atoms with Crippen molar-refractivity contribution in [2.24, 2.45) is 0 Å². The summed E-state index contributed by atoms with van der Waals surface area (Å²) < 4.78 is 30.3. The van der Waals surface area contributed by atoms with Gasteiger partial charge >= 0.3 is 0 Å². The number of thiazole rings is 1. The molecule has 0 radical (unpaired) electrons. The molecule has 0 saturated carbocycles. The van der Waals surface area contributed by atoms with Gasteiger partial charge in [-0.3, -0.25) is 4.79 Å². The summed E-state index contributed by atoms with van der Waals surface area (Å²) in [4.78, 5) is 16.6. The molecule has 1 aliphatic heterocycles. The van der Waals surface area contributed by atoms with Crippen molar-refractivity contribution in [1.82, 2.24) is 14.6 Å². The Morgan fingerprint density at radius 1 is 1.38 bits per heavy atom. The zero-order chi connectivity index (χ0) is 20.9. The van der Waals surface area contributed by atoms with E-state index in [0.717, 1.165) is 16.3 Å². The van der Waals surface area contributed by atoms with Crippen LogP contribution in [0.15, 0.2) is 35.7 Å². The van der Waals surface area contributed by atoms with Crippen LogP contribution in [-0.4, -0.2) is 49.0 Å². The normalized spacial score (nSPS) is 16.2. The number of sulfonamides is 1. The largest absolute Gasteiger partial charge is 0.487 e. The Morgan fingerprint density at radius 3 is 2.79 bits per heavy atom. The van der Waals surface area contributed by atoms with E-state index in [0.29, 0.717) is 38.3 Å². The molecule has 156 valence electrons. The van der Waals surface area contributed by atoms with Gasteiger partial charge in [0.2, 0.25) is 15.9 Å². The van der Waals surface area contributed by atoms with Gasteiger partial charge in [0.1, 0.15) is 12.4 Å². The van der Waals surface area contributed by atoms with Crippen LogP contribution in [0, 0.1) is 6.92 Å². The molecule has 1 aromatic carbocycles. The van der Waals surface area contributed by atoms with Crippen molar-refractivity contribution in [2.45, 2.75) is 32.4 Å². The van der Waals surface area contributed by atoms with E-state index in [9.17, 15) is 13.2 Å². The van der Waals surface area contributed by atoms with Crippen LogP contribution >= 0.6 is 11.3 Å². The first-order valence-corrected chi connectivity index (χ1v) is 12.1. The summed E-state index contributed by atoms with van der Waals surface area (Å²) in [6.07, 6.45) is 5.68. The quantitative estimate of drug-likeness (QED) is 0.676. The van der Waals surface area contributed by atoms with Gasteiger partial charge in [0.15, 0.2) is 0 Å². The van der Waals surface area contributed by atoms with Crippen LogP contribution in [0.1, 0.15) is 29.1 Å². The molecule has 1 aliphatic rings. The van der Waals surface area contributed by atoms with Crippen molar-refractivity contribution in [3.63, 3.8) is 0 Å². The van der Waals surface area contributed by atoms with Gasteiger partial charge in [-0.15, -0.1) is 11.3 Å². The number of aryl methyl sites for hydroxylation is 1. The second kappa shape index (κ2) is 9.51. The number of hydrogen-bond donors (Lipinski definition) is 1. The number of carbonyl (C=O) groups is 1. The van der Waals surface area contributed by atoms with Crippen molar-refractivity contribution in [3.05, 3.63) is 52.0 Å². The van der Waals surface area contributed by atoms with Crippen molar-refractivity contribution >= 4 is 33.3 Å². The fourth-order valence-electron chi connectivity index (χ4n) is 3.09. The summed E-state index contributed by atoms with van der Waals surface area (Å²) in [6.45, 7) is 3.24. The number of carbonyl (C=O) groups excluding carboxylic acids is 1. The van der Waals surface area contributed by atoms with Gasteiger partial charge in [-0.05, 0) is 43.5 Å². The van der Waals surface area contributed by atoms with Crippen LogP contribution in [0.4, 0.5) is 0 Å². The molecule has 0 unspecified atom stereocenters. The van der Waals surface area contributed by atoms with Crippen molar-refractivity contribution < 1.29 is 17.9 Å². The van der Waals surface area contributed by atoms with Crippen molar-refractivity contribution in [3.8, 4) is 5.75 Å². The molecule has 1 amide bonds. The molecule has 0 aliphatic carbocycles. The summed E-state index contributed by atoms with van der Waals surface area (Å²) in [5, 5.41) is 5.92. The molecule has 1 aromatic heterocycles. The van der Waals surface area contributed by atoms with E-state index in [-0.39, 0.29) is 11.9 Å². The molecule has 29 heavy (non-hydrogen) atoms. The molecule has 1 N–H and O–H groups in total. The Kier molecular flexibility index (Phi) is 7.05. The first kappa shape index (κ1) is 21.5. The standard InChI is InChI=1S/C20H25N3O4S2/c1-15-21-18(14-28-15)13-27-19-5-3-4-16(12-19)6-7-20(24)22-17-8-10-23(11-9-17)29(2,25)26/h3-7,12,14,17H,8-11,13H2,1-2H3,(H,22,24)/b7-6+. The highest BCUT2D eigenvalue weighted by Crippen LogP contribution is 2.17. The minimum atomic E-state index is -3.16. The molecule has 0 spiro atoms. The highest BCUT2D eigenvalue weighted by atomic mass is 32.2. The second-order valence-electron chi connectivity index (χ2n) is 7.00. The third-order valence-corrected chi connectivity index (χ3v) is 6.73. The van der Waals surface area contributed by atoms with Crippen LogP contribution in [0.2, 0.25) is 0 Å². The fraction of sp³-hybridized carbons (Fsp3) is 0.400. The summed E-state index contributed by atoms with van der Waals surface area (Å²) in [6, 6.07) is 7.50. The zero-order valence-electron chi connectivity index (χ0n) is 16.5. The van der Waals surface area contributed by atoms with Crippen molar-refractivity contribution in [2.75, 3.05) is 19.3 Å². The molecule has 1 saturated heterocycles. The second-order valence-corrected chi connectivity index (χ2v) is 10.0. The van der Waals surface area contributed by atoms with Gasteiger partial charge in [-0.2, -0.15) is 0 Å². The molecule has 1 fully saturated rings.